The van der Waals surface area contributed by atoms with Crippen LogP contribution in [0.3, 0.4) is 0 Å². The summed E-state index contributed by atoms with van der Waals surface area (Å²) in [7, 11) is 0. The van der Waals surface area contributed by atoms with Gasteiger partial charge < -0.3 is 0 Å². The van der Waals surface area contributed by atoms with E-state index in [9.17, 15) is 0 Å². The first-order valence-electron chi connectivity index (χ1n) is 10.3. The number of hydrogen-bond acceptors (Lipinski definition) is 0. The average Bonchev–Trinajstić information content (AvgIpc) is 3.24. The van der Waals surface area contributed by atoms with Gasteiger partial charge in [0.2, 0.25) is 0 Å². The van der Waals surface area contributed by atoms with Crippen LogP contribution >= 0.6 is 24.8 Å². The largest absolute Gasteiger partial charge is 0.147 e. The van der Waals surface area contributed by atoms with Crippen molar-refractivity contribution in [3.8, 4) is 0 Å². The summed E-state index contributed by atoms with van der Waals surface area (Å²) >= 11 is -4.05. The minimum atomic E-state index is -4.05. The molecule has 2 atom stereocenters. The van der Waals surface area contributed by atoms with E-state index >= 15 is 0 Å². The van der Waals surface area contributed by atoms with E-state index in [1.165, 1.54) is 11.1 Å². The fourth-order valence-corrected chi connectivity index (χ4v) is 35.2. The molecule has 0 aromatic heterocycles. The molecule has 2 aromatic carbocycles. The fourth-order valence-electron chi connectivity index (χ4n) is 6.09. The topological polar surface area (TPSA) is 0 Å². The summed E-state index contributed by atoms with van der Waals surface area (Å²) in [4.78, 5) is 0. The third kappa shape index (κ3) is 3.45. The first-order valence-corrected chi connectivity index (χ1v) is 21.2. The van der Waals surface area contributed by atoms with Crippen molar-refractivity contribution in [2.45, 2.75) is 27.7 Å². The maximum atomic E-state index is 2.42. The quantitative estimate of drug-likeness (QED) is 0.443. The van der Waals surface area contributed by atoms with E-state index in [0.717, 1.165) is 0 Å². The molecule has 2 unspecified atom stereocenters. The van der Waals surface area contributed by atoms with Crippen molar-refractivity contribution >= 4 is 38.2 Å². The van der Waals surface area contributed by atoms with E-state index in [1.54, 1.807) is 13.1 Å². The SMILES string of the molecule is CC1=[C]([Zr](=[SiH2])([C]2=C(C)C=CC2C)([c]2ccccc2)[c]2ccccc2)C(C)C=C1.Cl.Cl. The van der Waals surface area contributed by atoms with Gasteiger partial charge in [-0.3, -0.25) is 0 Å². The number of benzene rings is 2. The van der Waals surface area contributed by atoms with Crippen molar-refractivity contribution in [1.82, 2.24) is 0 Å². The van der Waals surface area contributed by atoms with Gasteiger partial charge in [-0.15, -0.1) is 24.8 Å². The first kappa shape index (κ1) is 25.3. The van der Waals surface area contributed by atoms with Crippen LogP contribution in [0.4, 0.5) is 0 Å². The number of hydrogen-bond donors (Lipinski definition) is 0. The molecule has 30 heavy (non-hydrogen) atoms. The Morgan fingerprint density at radius 2 is 0.967 bits per heavy atom. The zero-order chi connectivity index (χ0) is 20.0. The monoisotopic (exact) mass is 532 g/mol. The molecule has 0 nitrogen and oxygen atoms in total. The molecule has 0 spiro atoms. The zero-order valence-electron chi connectivity index (χ0n) is 18.3. The van der Waals surface area contributed by atoms with Crippen LogP contribution in [0.2, 0.25) is 0 Å². The van der Waals surface area contributed by atoms with Crippen LogP contribution in [0.5, 0.6) is 0 Å². The van der Waals surface area contributed by atoms with E-state index in [4.69, 9.17) is 0 Å². The van der Waals surface area contributed by atoms with Gasteiger partial charge in [-0.1, -0.05) is 0 Å². The molecule has 0 aliphatic heterocycles. The molecule has 0 radical (unpaired) electrons. The van der Waals surface area contributed by atoms with Gasteiger partial charge in [0, 0.05) is 0 Å². The van der Waals surface area contributed by atoms with Crippen molar-refractivity contribution in [2.75, 3.05) is 0 Å². The fraction of sp³-hybridized carbons (Fsp3) is 0.231. The van der Waals surface area contributed by atoms with Crippen LogP contribution in [0.15, 0.2) is 103 Å². The molecule has 0 fully saturated rings. The van der Waals surface area contributed by atoms with Crippen LogP contribution in [0, 0.1) is 11.8 Å². The summed E-state index contributed by atoms with van der Waals surface area (Å²) in [5.74, 6) is 0.966. The third-order valence-electron chi connectivity index (χ3n) is 7.04. The summed E-state index contributed by atoms with van der Waals surface area (Å²) in [5, 5.41) is 0. The van der Waals surface area contributed by atoms with Crippen molar-refractivity contribution < 1.29 is 17.4 Å². The Morgan fingerprint density at radius 3 is 1.23 bits per heavy atom. The molecule has 0 N–H and O–H groups in total. The second-order valence-electron chi connectivity index (χ2n) is 8.68. The Balaban J connectivity index is 0.00000160. The van der Waals surface area contributed by atoms with Gasteiger partial charge in [0.05, 0.1) is 0 Å². The summed E-state index contributed by atoms with van der Waals surface area (Å²) in [6.07, 6.45) is 9.58. The van der Waals surface area contributed by atoms with Crippen LogP contribution in [-0.2, 0) is 17.4 Å². The molecule has 2 aliphatic carbocycles. The number of rotatable bonds is 4. The Kier molecular flexibility index (Phi) is 7.85. The number of allylic oxidation sites excluding steroid dienone is 8. The summed E-state index contributed by atoms with van der Waals surface area (Å²) < 4.78 is 6.59. The van der Waals surface area contributed by atoms with E-state index in [0.29, 0.717) is 11.8 Å². The molecule has 0 saturated heterocycles. The van der Waals surface area contributed by atoms with Crippen molar-refractivity contribution in [2.24, 2.45) is 11.8 Å². The Morgan fingerprint density at radius 1 is 0.633 bits per heavy atom. The molecule has 0 heterocycles. The van der Waals surface area contributed by atoms with Crippen LogP contribution in [0.1, 0.15) is 27.7 Å². The molecule has 2 aromatic rings. The Labute approximate surface area is 196 Å². The predicted octanol–water partition coefficient (Wildman–Crippen LogP) is 5.68. The normalized spacial score (nSPS) is 21.0. The standard InChI is InChI=1S/2C7H9.2C6H5.2ClH.H2Si.Zr/c2*1-6-3-4-7(2)5-6;2*1-2-4-6-5-3-1;;;;/h2*3-4,6H,1-2H3;2*1-5H;2*1H;1H2;. The van der Waals surface area contributed by atoms with Gasteiger partial charge >= 0.3 is 173 Å². The van der Waals surface area contributed by atoms with Crippen LogP contribution in [0.25, 0.3) is 0 Å². The molecule has 0 saturated carbocycles. The van der Waals surface area contributed by atoms with Crippen LogP contribution in [-0.4, -0.2) is 6.88 Å². The molecule has 2 aliphatic rings. The summed E-state index contributed by atoms with van der Waals surface area (Å²) in [5.41, 5.74) is 2.97. The summed E-state index contributed by atoms with van der Waals surface area (Å²) in [6.45, 7) is 11.9. The average molecular weight is 535 g/mol. The minimum Gasteiger partial charge on any atom is -0.147 e. The molecule has 4 heteroatoms. The molecule has 158 valence electrons. The third-order valence-corrected chi connectivity index (χ3v) is 34.3. The van der Waals surface area contributed by atoms with Gasteiger partial charge in [0.15, 0.2) is 0 Å². The van der Waals surface area contributed by atoms with Gasteiger partial charge in [0.25, 0.3) is 0 Å². The molecule has 0 amide bonds. The second kappa shape index (κ2) is 9.29. The molecular weight excluding hydrogens is 503 g/mol. The van der Waals surface area contributed by atoms with Gasteiger partial charge in [-0.25, -0.2) is 0 Å². The minimum absolute atomic E-state index is 0. The molecule has 0 bridgehead atoms. The van der Waals surface area contributed by atoms with Gasteiger partial charge in [0.1, 0.15) is 0 Å². The maximum Gasteiger partial charge on any atom is -0.147 e. The smallest absolute Gasteiger partial charge is 0.147 e. The first-order chi connectivity index (χ1) is 13.4. The van der Waals surface area contributed by atoms with Gasteiger partial charge in [-0.05, 0) is 0 Å². The van der Waals surface area contributed by atoms with Gasteiger partial charge in [-0.2, -0.15) is 0 Å². The zero-order valence-corrected chi connectivity index (χ0v) is 23.8. The number of halogens is 2. The van der Waals surface area contributed by atoms with Crippen molar-refractivity contribution in [3.05, 3.63) is 103 Å². The van der Waals surface area contributed by atoms with Crippen LogP contribution < -0.4 is 6.54 Å². The Hall–Kier alpha value is -0.920. The van der Waals surface area contributed by atoms with E-state index in [-0.39, 0.29) is 24.8 Å². The maximum absolute atomic E-state index is 4.05. The summed E-state index contributed by atoms with van der Waals surface area (Å²) in [6, 6.07) is 23.0. The van der Waals surface area contributed by atoms with E-state index in [2.05, 4.69) is 120 Å². The molecule has 4 rings (SSSR count). The second-order valence-corrected chi connectivity index (χ2v) is 29.7. The van der Waals surface area contributed by atoms with E-state index < -0.39 is 17.4 Å². The van der Waals surface area contributed by atoms with Crippen molar-refractivity contribution in [3.63, 3.8) is 0 Å². The van der Waals surface area contributed by atoms with E-state index in [1.807, 2.05) is 0 Å². The Bertz CT molecular complexity index is 1020. The molecular formula is C26H32Cl2SiZr. The van der Waals surface area contributed by atoms with Crippen molar-refractivity contribution in [1.29, 1.82) is 0 Å². The predicted molar refractivity (Wildman–Crippen MR) is 137 cm³/mol.